The zero-order valence-corrected chi connectivity index (χ0v) is 11.3. The van der Waals surface area contributed by atoms with Crippen LogP contribution in [0, 0.1) is 0 Å². The Morgan fingerprint density at radius 1 is 0.800 bits per heavy atom. The predicted molar refractivity (Wildman–Crippen MR) is 44.2 cm³/mol. The quantitative estimate of drug-likeness (QED) is 0.312. The third-order valence-electron chi connectivity index (χ3n) is 0.979. The van der Waals surface area contributed by atoms with Crippen LogP contribution < -0.4 is 23.0 Å². The molecule has 0 unspecified atom stereocenters. The summed E-state index contributed by atoms with van der Waals surface area (Å²) in [5, 5.41) is 0. The van der Waals surface area contributed by atoms with Crippen LogP contribution in [0.2, 0.25) is 0 Å². The molecule has 20 heavy (non-hydrogen) atoms. The van der Waals surface area contributed by atoms with Gasteiger partial charge in [-0.3, -0.25) is 0 Å². The van der Waals surface area contributed by atoms with Gasteiger partial charge in [-0.2, -0.15) is 43.2 Å². The van der Waals surface area contributed by atoms with E-state index in [0.29, 0.717) is 0 Å². The van der Waals surface area contributed by atoms with Crippen LogP contribution in [0.3, 0.4) is 0 Å². The van der Waals surface area contributed by atoms with Crippen molar-refractivity contribution in [2.24, 2.45) is 0 Å². The van der Waals surface area contributed by atoms with Gasteiger partial charge in [-0.15, -0.1) is 3.63 Å². The summed E-state index contributed by atoms with van der Waals surface area (Å²) >= 11 is 0. The van der Waals surface area contributed by atoms with E-state index in [4.69, 9.17) is 0 Å². The minimum Gasteiger partial charge on any atom is -1.00 e. The molecule has 0 aliphatic heterocycles. The van der Waals surface area contributed by atoms with Crippen molar-refractivity contribution in [3.8, 4) is 0 Å². The molecule has 0 atom stereocenters. The van der Waals surface area contributed by atoms with E-state index in [1.165, 1.54) is 0 Å². The first-order chi connectivity index (χ1) is 7.91. The molecule has 0 saturated heterocycles. The Bertz CT molecular complexity index is 595. The molecule has 0 aromatic carbocycles. The average molecular weight is 369 g/mol. The number of nitrogens with one attached hydrogen (secondary N) is 1. The molecular weight excluding hydrogens is 367 g/mol. The van der Waals surface area contributed by atoms with Crippen molar-refractivity contribution >= 4 is 30.4 Å². The van der Waals surface area contributed by atoms with E-state index in [2.05, 4.69) is 3.63 Å². The van der Waals surface area contributed by atoms with Crippen LogP contribution in [0.1, 0.15) is 1.43 Å². The smallest absolute Gasteiger partial charge is 1.00 e. The molecule has 0 bridgehead atoms. The normalized spacial score (nSPS) is 14.7. The third kappa shape index (κ3) is 5.75. The fourth-order valence-electron chi connectivity index (χ4n) is 0.352. The molecule has 0 spiro atoms. The van der Waals surface area contributed by atoms with E-state index in [1.807, 2.05) is 0 Å². The summed E-state index contributed by atoms with van der Waals surface area (Å²) in [5.74, 6) is 0. The SMILES string of the molecule is O=S(=O)(NS(=O)(=O)C(F)(F)F)OS(=O)(=O)C(F)(F)F.[H-].[Li+]. The number of hydrogen-bond acceptors (Lipinski definition) is 7. The summed E-state index contributed by atoms with van der Waals surface area (Å²) in [6.45, 7) is 0. The number of rotatable bonds is 4. The summed E-state index contributed by atoms with van der Waals surface area (Å²) in [4.78, 5) is 0. The molecule has 0 aromatic heterocycles. The van der Waals surface area contributed by atoms with E-state index >= 15 is 0 Å². The molecule has 1 N–H and O–H groups in total. The monoisotopic (exact) mass is 369 g/mol. The molecule has 0 amide bonds. The van der Waals surface area contributed by atoms with Crippen molar-refractivity contribution in [1.82, 2.24) is 4.13 Å². The molecule has 8 nitrogen and oxygen atoms in total. The number of sulfonamides is 1. The predicted octanol–water partition coefficient (Wildman–Crippen LogP) is -3.35. The Balaban J connectivity index is -0.00000162. The summed E-state index contributed by atoms with van der Waals surface area (Å²) in [6.07, 6.45) is 0. The number of alkyl halides is 6. The van der Waals surface area contributed by atoms with Crippen LogP contribution in [0.5, 0.6) is 0 Å². The summed E-state index contributed by atoms with van der Waals surface area (Å²) in [6, 6.07) is 0. The number of hydrogen-bond donors (Lipinski definition) is 1. The molecular formula is C2H2F6LiNO7S3. The van der Waals surface area contributed by atoms with Crippen LogP contribution in [0.4, 0.5) is 26.3 Å². The molecule has 0 heterocycles. The van der Waals surface area contributed by atoms with E-state index < -0.39 is 41.5 Å². The second kappa shape index (κ2) is 5.98. The fraction of sp³-hybridized carbons (Fsp3) is 1.00. The second-order valence-corrected chi connectivity index (χ2v) is 7.41. The van der Waals surface area contributed by atoms with Crippen molar-refractivity contribution in [3.63, 3.8) is 0 Å². The van der Waals surface area contributed by atoms with Gasteiger partial charge in [0.2, 0.25) is 0 Å². The maximum absolute atomic E-state index is 11.7. The molecule has 0 saturated carbocycles. The van der Waals surface area contributed by atoms with Gasteiger partial charge in [0.25, 0.3) is 0 Å². The van der Waals surface area contributed by atoms with Crippen molar-refractivity contribution in [1.29, 1.82) is 0 Å². The largest absolute Gasteiger partial charge is 1.00 e. The maximum Gasteiger partial charge on any atom is 1.00 e. The molecule has 118 valence electrons. The van der Waals surface area contributed by atoms with Gasteiger partial charge in [0.15, 0.2) is 0 Å². The Hall–Kier alpha value is -0.0526. The van der Waals surface area contributed by atoms with Crippen molar-refractivity contribution in [2.45, 2.75) is 11.0 Å². The molecule has 0 radical (unpaired) electrons. The average Bonchev–Trinajstić information content (AvgIpc) is 1.93. The Morgan fingerprint density at radius 2 is 1.15 bits per heavy atom. The fourth-order valence-corrected chi connectivity index (χ4v) is 3.42. The zero-order valence-electron chi connectivity index (χ0n) is 9.85. The first-order valence-electron chi connectivity index (χ1n) is 3.28. The van der Waals surface area contributed by atoms with Crippen molar-refractivity contribution in [2.75, 3.05) is 0 Å². The minimum absolute atomic E-state index is 0. The van der Waals surface area contributed by atoms with E-state index in [-0.39, 0.29) is 24.4 Å². The van der Waals surface area contributed by atoms with Crippen LogP contribution in [-0.2, 0) is 34.1 Å². The maximum atomic E-state index is 11.7. The second-order valence-electron chi connectivity index (χ2n) is 2.45. The third-order valence-corrected chi connectivity index (χ3v) is 5.28. The van der Waals surface area contributed by atoms with Crippen molar-refractivity contribution < 1.29 is 75.5 Å². The van der Waals surface area contributed by atoms with Gasteiger partial charge in [0.1, 0.15) is 0 Å². The van der Waals surface area contributed by atoms with Gasteiger partial charge in [-0.25, -0.2) is 8.42 Å². The molecule has 0 aliphatic carbocycles. The minimum atomic E-state index is -6.86. The van der Waals surface area contributed by atoms with E-state index in [0.717, 1.165) is 0 Å². The summed E-state index contributed by atoms with van der Waals surface area (Å²) < 4.78 is 134. The van der Waals surface area contributed by atoms with Crippen LogP contribution in [-0.4, -0.2) is 36.3 Å². The van der Waals surface area contributed by atoms with Gasteiger partial charge in [-0.05, 0) is 0 Å². The van der Waals surface area contributed by atoms with Gasteiger partial charge in [-0.1, -0.05) is 4.13 Å². The van der Waals surface area contributed by atoms with Crippen LogP contribution in [0.25, 0.3) is 0 Å². The Morgan fingerprint density at radius 3 is 1.40 bits per heavy atom. The van der Waals surface area contributed by atoms with E-state index in [9.17, 15) is 51.6 Å². The summed E-state index contributed by atoms with van der Waals surface area (Å²) in [7, 11) is -20.0. The van der Waals surface area contributed by atoms with E-state index in [1.54, 1.807) is 0 Å². The molecule has 18 heteroatoms. The molecule has 0 aliphatic rings. The van der Waals surface area contributed by atoms with Gasteiger partial charge < -0.3 is 1.43 Å². The van der Waals surface area contributed by atoms with Crippen LogP contribution in [0.15, 0.2) is 0 Å². The standard InChI is InChI=1S/C2HF6NO7S3.Li.H/c3-1(4,5)17(10,11)9-19(14,15)16-18(12,13)2(6,7)8;;/h9H;;/q;+1;-1. The van der Waals surface area contributed by atoms with Gasteiger partial charge >= 0.3 is 60.3 Å². The zero-order chi connectivity index (χ0) is 15.9. The summed E-state index contributed by atoms with van der Waals surface area (Å²) in [5.41, 5.74) is -12.5. The van der Waals surface area contributed by atoms with Gasteiger partial charge in [0, 0.05) is 0 Å². The van der Waals surface area contributed by atoms with Crippen LogP contribution >= 0.6 is 0 Å². The number of halogens is 6. The molecule has 0 rings (SSSR count). The van der Waals surface area contributed by atoms with Crippen molar-refractivity contribution in [3.05, 3.63) is 0 Å². The van der Waals surface area contributed by atoms with Gasteiger partial charge in [0.05, 0.1) is 0 Å². The first-order valence-corrected chi connectivity index (χ1v) is 7.58. The molecule has 0 aromatic rings. The molecule has 0 fully saturated rings. The topological polar surface area (TPSA) is 124 Å². The first kappa shape index (κ1) is 22.2. The Kier molecular flexibility index (Phi) is 6.65. The Labute approximate surface area is 121 Å².